The smallest absolute Gasteiger partial charge is 0.198 e. The lowest BCUT2D eigenvalue weighted by atomic mass is 10.1. The van der Waals surface area contributed by atoms with E-state index in [2.05, 4.69) is 4.74 Å². The van der Waals surface area contributed by atoms with Gasteiger partial charge < -0.3 is 15.6 Å². The molecule has 16 heavy (non-hydrogen) atoms. The van der Waals surface area contributed by atoms with E-state index in [1.54, 1.807) is 0 Å². The highest BCUT2D eigenvalue weighted by atomic mass is 35.5. The number of methoxy groups -OCH3 is 1. The second-order valence-electron chi connectivity index (χ2n) is 3.06. The molecule has 0 unspecified atom stereocenters. The second-order valence-corrected chi connectivity index (χ2v) is 3.47. The molecule has 0 heterocycles. The van der Waals surface area contributed by atoms with Crippen LogP contribution in [0.25, 0.3) is 0 Å². The molecule has 0 saturated carbocycles. The number of benzene rings is 1. The maximum Gasteiger partial charge on any atom is 0.198 e. The van der Waals surface area contributed by atoms with E-state index in [9.17, 15) is 14.3 Å². The number of carbonyl (C=O) groups excluding carboxylic acids is 1. The first kappa shape index (κ1) is 12.7. The van der Waals surface area contributed by atoms with Crippen molar-refractivity contribution in [3.8, 4) is 11.5 Å². The zero-order valence-electron chi connectivity index (χ0n) is 8.59. The first-order valence-corrected chi connectivity index (χ1v) is 4.89. The number of hydrogen-bond acceptors (Lipinski definition) is 4. The van der Waals surface area contributed by atoms with Gasteiger partial charge in [0.25, 0.3) is 0 Å². The van der Waals surface area contributed by atoms with Crippen molar-refractivity contribution in [2.75, 3.05) is 13.7 Å². The maximum absolute atomic E-state index is 13.3. The zero-order valence-corrected chi connectivity index (χ0v) is 9.34. The molecule has 0 aliphatic heterocycles. The molecule has 1 aromatic carbocycles. The van der Waals surface area contributed by atoms with E-state index in [1.165, 1.54) is 7.11 Å². The van der Waals surface area contributed by atoms with Gasteiger partial charge in [-0.15, -0.1) is 0 Å². The fourth-order valence-corrected chi connectivity index (χ4v) is 1.45. The van der Waals surface area contributed by atoms with Crippen molar-refractivity contribution >= 4 is 17.4 Å². The number of Topliss-reactive ketones (excluding diaryl/α,β-unsaturated/α-hetero) is 1. The number of ether oxygens (including phenoxy) is 1. The van der Waals surface area contributed by atoms with Gasteiger partial charge in [0.05, 0.1) is 17.7 Å². The first-order valence-electron chi connectivity index (χ1n) is 4.51. The topological polar surface area (TPSA) is 72.5 Å². The second kappa shape index (κ2) is 5.14. The molecule has 0 bridgehead atoms. The molecule has 3 N–H and O–H groups in total. The summed E-state index contributed by atoms with van der Waals surface area (Å²) in [5.41, 5.74) is 5.13. The summed E-state index contributed by atoms with van der Waals surface area (Å²) in [5.74, 6) is -2.30. The van der Waals surface area contributed by atoms with Crippen molar-refractivity contribution in [1.29, 1.82) is 0 Å². The predicted molar refractivity (Wildman–Crippen MR) is 57.6 cm³/mol. The molecule has 0 aliphatic rings. The lowest BCUT2D eigenvalue weighted by Crippen LogP contribution is -2.09. The van der Waals surface area contributed by atoms with Crippen LogP contribution in [-0.4, -0.2) is 24.5 Å². The Hall–Kier alpha value is -1.33. The third kappa shape index (κ3) is 2.25. The van der Waals surface area contributed by atoms with Crippen LogP contribution in [0.3, 0.4) is 0 Å². The van der Waals surface area contributed by atoms with Crippen LogP contribution in [0.15, 0.2) is 6.07 Å². The summed E-state index contributed by atoms with van der Waals surface area (Å²) in [7, 11) is 1.17. The van der Waals surface area contributed by atoms with Gasteiger partial charge in [-0.25, -0.2) is 4.39 Å². The Kier molecular flexibility index (Phi) is 4.09. The van der Waals surface area contributed by atoms with Crippen LogP contribution < -0.4 is 10.5 Å². The molecule has 0 amide bonds. The molecule has 0 fully saturated rings. The van der Waals surface area contributed by atoms with Gasteiger partial charge in [0.15, 0.2) is 23.1 Å². The number of ketones is 1. The van der Waals surface area contributed by atoms with E-state index < -0.39 is 23.1 Å². The lowest BCUT2D eigenvalue weighted by Gasteiger charge is -2.10. The highest BCUT2D eigenvalue weighted by Gasteiger charge is 2.21. The highest BCUT2D eigenvalue weighted by molar-refractivity contribution is 6.31. The fourth-order valence-electron chi connectivity index (χ4n) is 1.26. The van der Waals surface area contributed by atoms with E-state index in [0.29, 0.717) is 0 Å². The standard InChI is InChI=1S/C10H11ClFNO3/c1-16-10-8(12)6(11)4-5(9(10)15)7(14)2-3-13/h4,15H,2-3,13H2,1H3. The highest BCUT2D eigenvalue weighted by Crippen LogP contribution is 2.37. The SMILES string of the molecule is COc1c(O)c(C(=O)CCN)cc(Cl)c1F. The van der Waals surface area contributed by atoms with Crippen LogP contribution in [-0.2, 0) is 0 Å². The molecule has 0 atom stereocenters. The molecule has 0 aromatic heterocycles. The van der Waals surface area contributed by atoms with Crippen LogP contribution in [0, 0.1) is 5.82 Å². The van der Waals surface area contributed by atoms with E-state index in [0.717, 1.165) is 6.07 Å². The third-order valence-corrected chi connectivity index (χ3v) is 2.30. The number of aromatic hydroxyl groups is 1. The summed E-state index contributed by atoms with van der Waals surface area (Å²) >= 11 is 5.56. The number of rotatable bonds is 4. The molecule has 0 aliphatic carbocycles. The van der Waals surface area contributed by atoms with E-state index in [4.69, 9.17) is 17.3 Å². The van der Waals surface area contributed by atoms with Gasteiger partial charge in [0.2, 0.25) is 0 Å². The number of halogens is 2. The Balaban J connectivity index is 3.31. The number of hydrogen-bond donors (Lipinski definition) is 2. The molecular weight excluding hydrogens is 237 g/mol. The Bertz CT molecular complexity index is 423. The average molecular weight is 248 g/mol. The molecule has 88 valence electrons. The van der Waals surface area contributed by atoms with Crippen molar-refractivity contribution < 1.29 is 19.0 Å². The van der Waals surface area contributed by atoms with Crippen LogP contribution in [0.2, 0.25) is 5.02 Å². The summed E-state index contributed by atoms with van der Waals surface area (Å²) in [5, 5.41) is 9.32. The summed E-state index contributed by atoms with van der Waals surface area (Å²) < 4.78 is 18.0. The van der Waals surface area contributed by atoms with Crippen molar-refractivity contribution in [1.82, 2.24) is 0 Å². The summed E-state index contributed by atoms with van der Waals surface area (Å²) in [4.78, 5) is 11.5. The minimum absolute atomic E-state index is 0.0404. The van der Waals surface area contributed by atoms with Crippen LogP contribution in [0.4, 0.5) is 4.39 Å². The Labute approximate surface area is 96.8 Å². The fraction of sp³-hybridized carbons (Fsp3) is 0.300. The van der Waals surface area contributed by atoms with Gasteiger partial charge in [-0.2, -0.15) is 0 Å². The van der Waals surface area contributed by atoms with Crippen molar-refractivity contribution in [2.24, 2.45) is 5.73 Å². The Morgan fingerprint density at radius 1 is 1.69 bits per heavy atom. The molecule has 1 aromatic rings. The molecule has 4 nitrogen and oxygen atoms in total. The monoisotopic (exact) mass is 247 g/mol. The minimum Gasteiger partial charge on any atom is -0.504 e. The zero-order chi connectivity index (χ0) is 12.3. The van der Waals surface area contributed by atoms with E-state index in [-0.39, 0.29) is 23.6 Å². The van der Waals surface area contributed by atoms with Gasteiger partial charge >= 0.3 is 0 Å². The molecule has 0 spiro atoms. The summed E-state index contributed by atoms with van der Waals surface area (Å²) in [6.45, 7) is 0.135. The number of nitrogens with two attached hydrogens (primary N) is 1. The number of carbonyl (C=O) groups is 1. The molecule has 0 saturated heterocycles. The summed E-state index contributed by atoms with van der Waals surface area (Å²) in [6, 6.07) is 1.06. The Morgan fingerprint density at radius 2 is 2.31 bits per heavy atom. The molecule has 6 heteroatoms. The normalized spacial score (nSPS) is 10.2. The van der Waals surface area contributed by atoms with Gasteiger partial charge in [0.1, 0.15) is 0 Å². The van der Waals surface area contributed by atoms with Crippen LogP contribution in [0.1, 0.15) is 16.8 Å². The summed E-state index contributed by atoms with van der Waals surface area (Å²) in [6.07, 6.45) is 0.0404. The first-order chi connectivity index (χ1) is 7.52. The molecular formula is C10H11ClFNO3. The van der Waals surface area contributed by atoms with Crippen molar-refractivity contribution in [3.63, 3.8) is 0 Å². The molecule has 1 rings (SSSR count). The number of phenolic OH excluding ortho intramolecular Hbond substituents is 1. The van der Waals surface area contributed by atoms with Crippen LogP contribution >= 0.6 is 11.6 Å². The quantitative estimate of drug-likeness (QED) is 0.795. The van der Waals surface area contributed by atoms with E-state index in [1.807, 2.05) is 0 Å². The Morgan fingerprint density at radius 3 is 2.81 bits per heavy atom. The van der Waals surface area contributed by atoms with Gasteiger partial charge in [-0.1, -0.05) is 11.6 Å². The maximum atomic E-state index is 13.3. The predicted octanol–water partition coefficient (Wildman–Crippen LogP) is 1.72. The van der Waals surface area contributed by atoms with E-state index >= 15 is 0 Å². The minimum atomic E-state index is -0.897. The number of phenols is 1. The van der Waals surface area contributed by atoms with Gasteiger partial charge in [-0.05, 0) is 12.6 Å². The van der Waals surface area contributed by atoms with Crippen molar-refractivity contribution in [3.05, 3.63) is 22.5 Å². The van der Waals surface area contributed by atoms with Crippen LogP contribution in [0.5, 0.6) is 11.5 Å². The largest absolute Gasteiger partial charge is 0.504 e. The third-order valence-electron chi connectivity index (χ3n) is 2.03. The van der Waals surface area contributed by atoms with Gasteiger partial charge in [-0.3, -0.25) is 4.79 Å². The van der Waals surface area contributed by atoms with Gasteiger partial charge in [0, 0.05) is 6.42 Å². The average Bonchev–Trinajstić information content (AvgIpc) is 2.24. The molecule has 0 radical (unpaired) electrons. The lowest BCUT2D eigenvalue weighted by molar-refractivity contribution is 0.0982. The van der Waals surface area contributed by atoms with Crippen molar-refractivity contribution in [2.45, 2.75) is 6.42 Å².